The van der Waals surface area contributed by atoms with Crippen LogP contribution in [0.15, 0.2) is 41.5 Å². The van der Waals surface area contributed by atoms with Crippen molar-refractivity contribution in [2.24, 2.45) is 5.10 Å². The third-order valence-corrected chi connectivity index (χ3v) is 3.62. The minimum absolute atomic E-state index is 0.0449. The van der Waals surface area contributed by atoms with Crippen LogP contribution in [0.3, 0.4) is 0 Å². The van der Waals surface area contributed by atoms with Crippen molar-refractivity contribution < 1.29 is 9.84 Å². The first-order valence-corrected chi connectivity index (χ1v) is 7.96. The van der Waals surface area contributed by atoms with E-state index in [1.807, 2.05) is 31.0 Å². The summed E-state index contributed by atoms with van der Waals surface area (Å²) >= 11 is 6.03. The minimum Gasteiger partial charge on any atom is -0.503 e. The van der Waals surface area contributed by atoms with Crippen molar-refractivity contribution in [1.82, 2.24) is 0 Å². The van der Waals surface area contributed by atoms with Gasteiger partial charge in [-0.05, 0) is 50.6 Å². The molecule has 2 aromatic rings. The molecule has 1 N–H and O–H groups in total. The van der Waals surface area contributed by atoms with Gasteiger partial charge >= 0.3 is 0 Å². The lowest BCUT2D eigenvalue weighted by molar-refractivity contribution is 0.318. The van der Waals surface area contributed by atoms with Crippen molar-refractivity contribution in [3.8, 4) is 11.5 Å². The molecular formula is C18H21ClN2O2. The van der Waals surface area contributed by atoms with Gasteiger partial charge in [0.25, 0.3) is 0 Å². The molecule has 0 heterocycles. The van der Waals surface area contributed by atoms with E-state index in [9.17, 15) is 5.11 Å². The molecule has 0 aliphatic heterocycles. The summed E-state index contributed by atoms with van der Waals surface area (Å²) in [7, 11) is 0. The van der Waals surface area contributed by atoms with Crippen LogP contribution in [0, 0.1) is 6.92 Å². The monoisotopic (exact) mass is 332 g/mol. The second-order valence-electron chi connectivity index (χ2n) is 5.08. The number of phenolic OH excluding ortho intramolecular Hbond substituents is 1. The number of ether oxygens (including phenoxy) is 1. The highest BCUT2D eigenvalue weighted by Crippen LogP contribution is 2.34. The molecule has 0 atom stereocenters. The molecule has 0 aliphatic carbocycles. The van der Waals surface area contributed by atoms with Crippen LogP contribution >= 0.6 is 11.6 Å². The Kier molecular flexibility index (Phi) is 5.88. The SMILES string of the molecule is CCOc1cc(/C=N/N(CC)c2ccc(C)cc2)cc(Cl)c1O. The van der Waals surface area contributed by atoms with Gasteiger partial charge < -0.3 is 9.84 Å². The molecular weight excluding hydrogens is 312 g/mol. The van der Waals surface area contributed by atoms with Gasteiger partial charge in [0.2, 0.25) is 0 Å². The average molecular weight is 333 g/mol. The van der Waals surface area contributed by atoms with Gasteiger partial charge in [0, 0.05) is 6.54 Å². The van der Waals surface area contributed by atoms with E-state index in [-0.39, 0.29) is 10.8 Å². The highest BCUT2D eigenvalue weighted by atomic mass is 35.5. The number of aromatic hydroxyl groups is 1. The lowest BCUT2D eigenvalue weighted by atomic mass is 10.2. The van der Waals surface area contributed by atoms with Gasteiger partial charge in [0.05, 0.1) is 23.5 Å². The van der Waals surface area contributed by atoms with Crippen LogP contribution in [0.25, 0.3) is 0 Å². The lowest BCUT2D eigenvalue weighted by Crippen LogP contribution is -2.15. The Morgan fingerprint density at radius 3 is 2.52 bits per heavy atom. The second kappa shape index (κ2) is 7.88. The van der Waals surface area contributed by atoms with Crippen LogP contribution in [0.4, 0.5) is 5.69 Å². The number of anilines is 1. The van der Waals surface area contributed by atoms with E-state index < -0.39 is 0 Å². The number of hydrogen-bond donors (Lipinski definition) is 1. The Morgan fingerprint density at radius 1 is 1.22 bits per heavy atom. The van der Waals surface area contributed by atoms with Gasteiger partial charge in [-0.25, -0.2) is 0 Å². The number of rotatable bonds is 6. The van der Waals surface area contributed by atoms with Crippen LogP contribution in [0.2, 0.25) is 5.02 Å². The highest BCUT2D eigenvalue weighted by Gasteiger charge is 2.09. The molecule has 0 bridgehead atoms. The molecule has 2 rings (SSSR count). The maximum absolute atomic E-state index is 9.87. The Bertz CT molecular complexity index is 684. The number of hydrogen-bond acceptors (Lipinski definition) is 4. The molecule has 0 aromatic heterocycles. The van der Waals surface area contributed by atoms with Crippen LogP contribution < -0.4 is 9.75 Å². The van der Waals surface area contributed by atoms with E-state index in [1.165, 1.54) is 5.56 Å². The summed E-state index contributed by atoms with van der Waals surface area (Å²) in [4.78, 5) is 0. The second-order valence-corrected chi connectivity index (χ2v) is 5.49. The molecule has 2 aromatic carbocycles. The molecule has 0 fully saturated rings. The first-order chi connectivity index (χ1) is 11.0. The van der Waals surface area contributed by atoms with E-state index in [4.69, 9.17) is 16.3 Å². The quantitative estimate of drug-likeness (QED) is 0.620. The maximum atomic E-state index is 9.87. The van der Waals surface area contributed by atoms with Crippen molar-refractivity contribution in [3.63, 3.8) is 0 Å². The van der Waals surface area contributed by atoms with Crippen LogP contribution in [-0.4, -0.2) is 24.5 Å². The summed E-state index contributed by atoms with van der Waals surface area (Å²) in [5, 5.41) is 16.5. The first-order valence-electron chi connectivity index (χ1n) is 7.58. The zero-order valence-corrected chi connectivity index (χ0v) is 14.3. The van der Waals surface area contributed by atoms with Crippen molar-refractivity contribution in [3.05, 3.63) is 52.5 Å². The maximum Gasteiger partial charge on any atom is 0.176 e. The van der Waals surface area contributed by atoms with E-state index in [1.54, 1.807) is 18.3 Å². The molecule has 23 heavy (non-hydrogen) atoms. The normalized spacial score (nSPS) is 11.0. The highest BCUT2D eigenvalue weighted by molar-refractivity contribution is 6.32. The standard InChI is InChI=1S/C18H21ClN2O2/c1-4-21(15-8-6-13(3)7-9-15)20-12-14-10-16(19)18(22)17(11-14)23-5-2/h6-12,22H,4-5H2,1-3H3/b20-12+. The lowest BCUT2D eigenvalue weighted by Gasteiger charge is -2.17. The molecule has 0 aliphatic rings. The van der Waals surface area contributed by atoms with Crippen LogP contribution in [-0.2, 0) is 0 Å². The smallest absolute Gasteiger partial charge is 0.176 e. The number of halogens is 1. The third-order valence-electron chi connectivity index (χ3n) is 3.33. The van der Waals surface area contributed by atoms with Crippen molar-refractivity contribution >= 4 is 23.5 Å². The average Bonchev–Trinajstić information content (AvgIpc) is 2.54. The summed E-state index contributed by atoms with van der Waals surface area (Å²) < 4.78 is 5.38. The summed E-state index contributed by atoms with van der Waals surface area (Å²) in [6, 6.07) is 11.6. The number of nitrogens with zero attached hydrogens (tertiary/aromatic N) is 2. The van der Waals surface area contributed by atoms with Crippen molar-refractivity contribution in [1.29, 1.82) is 0 Å². The molecule has 0 saturated heterocycles. The minimum atomic E-state index is -0.0449. The van der Waals surface area contributed by atoms with Gasteiger partial charge in [-0.1, -0.05) is 29.3 Å². The number of hydrazone groups is 1. The van der Waals surface area contributed by atoms with Gasteiger partial charge in [-0.2, -0.15) is 5.10 Å². The van der Waals surface area contributed by atoms with Gasteiger partial charge in [-0.15, -0.1) is 0 Å². The van der Waals surface area contributed by atoms with E-state index >= 15 is 0 Å². The zero-order valence-electron chi connectivity index (χ0n) is 13.6. The Labute approximate surface area is 142 Å². The summed E-state index contributed by atoms with van der Waals surface area (Å²) in [5.74, 6) is 0.316. The van der Waals surface area contributed by atoms with E-state index in [0.717, 1.165) is 17.8 Å². The van der Waals surface area contributed by atoms with Crippen molar-refractivity contribution in [2.45, 2.75) is 20.8 Å². The molecule has 5 heteroatoms. The van der Waals surface area contributed by atoms with Crippen molar-refractivity contribution in [2.75, 3.05) is 18.2 Å². The fraction of sp³-hybridized carbons (Fsp3) is 0.278. The zero-order chi connectivity index (χ0) is 16.8. The first kappa shape index (κ1) is 17.2. The Balaban J connectivity index is 2.25. The molecule has 0 spiro atoms. The largest absolute Gasteiger partial charge is 0.503 e. The summed E-state index contributed by atoms with van der Waals surface area (Å²) in [5.41, 5.74) is 2.99. The topological polar surface area (TPSA) is 45.1 Å². The fourth-order valence-corrected chi connectivity index (χ4v) is 2.34. The van der Waals surface area contributed by atoms with Crippen LogP contribution in [0.5, 0.6) is 11.5 Å². The Morgan fingerprint density at radius 2 is 1.91 bits per heavy atom. The molecule has 0 amide bonds. The number of benzene rings is 2. The molecule has 4 nitrogen and oxygen atoms in total. The predicted octanol–water partition coefficient (Wildman–Crippen LogP) is 4.61. The number of aryl methyl sites for hydroxylation is 1. The molecule has 0 radical (unpaired) electrons. The van der Waals surface area contributed by atoms with Gasteiger partial charge in [0.15, 0.2) is 11.5 Å². The number of phenols is 1. The Hall–Kier alpha value is -2.20. The fourth-order valence-electron chi connectivity index (χ4n) is 2.12. The van der Waals surface area contributed by atoms with Gasteiger partial charge in [0.1, 0.15) is 0 Å². The predicted molar refractivity (Wildman–Crippen MR) is 96.1 cm³/mol. The van der Waals surface area contributed by atoms with E-state index in [0.29, 0.717) is 12.4 Å². The summed E-state index contributed by atoms with van der Waals surface area (Å²) in [6.45, 7) is 7.13. The van der Waals surface area contributed by atoms with E-state index in [2.05, 4.69) is 24.2 Å². The molecule has 0 saturated carbocycles. The third kappa shape index (κ3) is 4.39. The van der Waals surface area contributed by atoms with Crippen LogP contribution in [0.1, 0.15) is 25.0 Å². The molecule has 122 valence electrons. The van der Waals surface area contributed by atoms with Gasteiger partial charge in [-0.3, -0.25) is 5.01 Å². The summed E-state index contributed by atoms with van der Waals surface area (Å²) in [6.07, 6.45) is 1.71. The molecule has 0 unspecified atom stereocenters.